The van der Waals surface area contributed by atoms with E-state index >= 15 is 0 Å². The number of aromatic nitrogens is 4. The van der Waals surface area contributed by atoms with Gasteiger partial charge in [-0.1, -0.05) is 0 Å². The first-order valence-electron chi connectivity index (χ1n) is 7.12. The second-order valence-electron chi connectivity index (χ2n) is 4.60. The highest BCUT2D eigenvalue weighted by atomic mass is 16.5. The molecule has 0 fully saturated rings. The minimum absolute atomic E-state index is 0.414. The van der Waals surface area contributed by atoms with Crippen LogP contribution in [0.25, 0.3) is 0 Å². The summed E-state index contributed by atoms with van der Waals surface area (Å²) in [6, 6.07) is 1.90. The molecule has 7 nitrogen and oxygen atoms in total. The summed E-state index contributed by atoms with van der Waals surface area (Å²) in [5.41, 5.74) is 1.10. The monoisotopic (exact) mass is 290 g/mol. The SMILES string of the molecule is CCNc1cc(NCc2cnn(C)c2)nc(COCC)n1. The molecule has 0 aliphatic carbocycles. The zero-order chi connectivity index (χ0) is 15.1. The van der Waals surface area contributed by atoms with Gasteiger partial charge >= 0.3 is 0 Å². The molecule has 114 valence electrons. The van der Waals surface area contributed by atoms with Gasteiger partial charge < -0.3 is 15.4 Å². The van der Waals surface area contributed by atoms with Crippen LogP contribution in [0.3, 0.4) is 0 Å². The molecular weight excluding hydrogens is 268 g/mol. The Hall–Kier alpha value is -2.15. The minimum Gasteiger partial charge on any atom is -0.374 e. The lowest BCUT2D eigenvalue weighted by molar-refractivity contribution is 0.128. The van der Waals surface area contributed by atoms with Crippen molar-refractivity contribution in [2.24, 2.45) is 7.05 Å². The van der Waals surface area contributed by atoms with Gasteiger partial charge in [0.15, 0.2) is 5.82 Å². The third-order valence-electron chi connectivity index (χ3n) is 2.80. The number of nitrogens with zero attached hydrogens (tertiary/aromatic N) is 4. The first kappa shape index (κ1) is 15.2. The lowest BCUT2D eigenvalue weighted by Crippen LogP contribution is -2.09. The Bertz CT molecular complexity index is 568. The molecule has 2 aromatic rings. The standard InChI is InChI=1S/C14H22N6O/c1-4-15-12-6-13(19-14(18-12)10-21-5-2)16-7-11-8-17-20(3)9-11/h6,8-9H,4-5,7,10H2,1-3H3,(H2,15,16,18,19). The third kappa shape index (κ3) is 4.71. The van der Waals surface area contributed by atoms with Gasteiger partial charge in [0.2, 0.25) is 0 Å². The molecule has 0 atom stereocenters. The lowest BCUT2D eigenvalue weighted by atomic mass is 10.3. The van der Waals surface area contributed by atoms with Crippen LogP contribution in [0.1, 0.15) is 25.2 Å². The molecule has 0 saturated carbocycles. The summed E-state index contributed by atoms with van der Waals surface area (Å²) >= 11 is 0. The van der Waals surface area contributed by atoms with Gasteiger partial charge in [-0.15, -0.1) is 0 Å². The maximum atomic E-state index is 5.38. The van der Waals surface area contributed by atoms with Gasteiger partial charge in [-0.05, 0) is 13.8 Å². The first-order valence-corrected chi connectivity index (χ1v) is 7.12. The van der Waals surface area contributed by atoms with E-state index in [4.69, 9.17) is 4.74 Å². The topological polar surface area (TPSA) is 76.9 Å². The van der Waals surface area contributed by atoms with Gasteiger partial charge in [0, 0.05) is 44.6 Å². The largest absolute Gasteiger partial charge is 0.374 e. The van der Waals surface area contributed by atoms with E-state index < -0.39 is 0 Å². The Morgan fingerprint density at radius 2 is 1.95 bits per heavy atom. The lowest BCUT2D eigenvalue weighted by Gasteiger charge is -2.10. The van der Waals surface area contributed by atoms with Gasteiger partial charge in [-0.3, -0.25) is 4.68 Å². The number of hydrogen-bond acceptors (Lipinski definition) is 6. The summed E-state index contributed by atoms with van der Waals surface area (Å²) in [6.07, 6.45) is 3.81. The quantitative estimate of drug-likeness (QED) is 0.772. The highest BCUT2D eigenvalue weighted by Crippen LogP contribution is 2.13. The summed E-state index contributed by atoms with van der Waals surface area (Å²) in [6.45, 7) is 6.53. The van der Waals surface area contributed by atoms with Gasteiger partial charge in [-0.25, -0.2) is 9.97 Å². The van der Waals surface area contributed by atoms with Gasteiger partial charge in [-0.2, -0.15) is 5.10 Å². The second-order valence-corrected chi connectivity index (χ2v) is 4.60. The van der Waals surface area contributed by atoms with Crippen molar-refractivity contribution >= 4 is 11.6 Å². The molecule has 0 aliphatic rings. The smallest absolute Gasteiger partial charge is 0.158 e. The van der Waals surface area contributed by atoms with Crippen molar-refractivity contribution < 1.29 is 4.74 Å². The van der Waals surface area contributed by atoms with Crippen LogP contribution in [-0.4, -0.2) is 32.9 Å². The van der Waals surface area contributed by atoms with Crippen molar-refractivity contribution in [2.45, 2.75) is 27.0 Å². The van der Waals surface area contributed by atoms with E-state index in [1.165, 1.54) is 0 Å². The maximum absolute atomic E-state index is 5.38. The van der Waals surface area contributed by atoms with E-state index in [9.17, 15) is 0 Å². The van der Waals surface area contributed by atoms with Gasteiger partial charge in [0.1, 0.15) is 18.2 Å². The molecule has 0 bridgehead atoms. The molecule has 0 aliphatic heterocycles. The highest BCUT2D eigenvalue weighted by molar-refractivity contribution is 5.47. The fourth-order valence-corrected chi connectivity index (χ4v) is 1.87. The minimum atomic E-state index is 0.414. The van der Waals surface area contributed by atoms with Crippen molar-refractivity contribution in [3.8, 4) is 0 Å². The Morgan fingerprint density at radius 3 is 2.57 bits per heavy atom. The van der Waals surface area contributed by atoms with E-state index in [1.807, 2.05) is 39.4 Å². The molecular formula is C14H22N6O. The number of nitrogens with one attached hydrogen (secondary N) is 2. The third-order valence-corrected chi connectivity index (χ3v) is 2.80. The van der Waals surface area contributed by atoms with Crippen molar-refractivity contribution in [2.75, 3.05) is 23.8 Å². The fraction of sp³-hybridized carbons (Fsp3) is 0.500. The Kier molecular flexibility index (Phi) is 5.51. The van der Waals surface area contributed by atoms with E-state index in [-0.39, 0.29) is 0 Å². The van der Waals surface area contributed by atoms with Crippen LogP contribution in [0.15, 0.2) is 18.5 Å². The van der Waals surface area contributed by atoms with Crippen molar-refractivity contribution in [3.63, 3.8) is 0 Å². The highest BCUT2D eigenvalue weighted by Gasteiger charge is 2.05. The molecule has 7 heteroatoms. The molecule has 0 amide bonds. The summed E-state index contributed by atoms with van der Waals surface area (Å²) in [7, 11) is 1.90. The molecule has 2 rings (SSSR count). The number of ether oxygens (including phenoxy) is 1. The van der Waals surface area contributed by atoms with E-state index in [0.717, 1.165) is 23.7 Å². The molecule has 2 aromatic heterocycles. The van der Waals surface area contributed by atoms with Crippen molar-refractivity contribution in [1.29, 1.82) is 0 Å². The summed E-state index contributed by atoms with van der Waals surface area (Å²) in [4.78, 5) is 8.88. The molecule has 0 unspecified atom stereocenters. The van der Waals surface area contributed by atoms with Crippen LogP contribution in [0.2, 0.25) is 0 Å². The molecule has 21 heavy (non-hydrogen) atoms. The van der Waals surface area contributed by atoms with Crippen LogP contribution in [0.4, 0.5) is 11.6 Å². The van der Waals surface area contributed by atoms with E-state index in [2.05, 4.69) is 25.7 Å². The zero-order valence-electron chi connectivity index (χ0n) is 12.8. The van der Waals surface area contributed by atoms with Crippen LogP contribution in [0.5, 0.6) is 0 Å². The van der Waals surface area contributed by atoms with Crippen molar-refractivity contribution in [3.05, 3.63) is 29.8 Å². The maximum Gasteiger partial charge on any atom is 0.158 e. The summed E-state index contributed by atoms with van der Waals surface area (Å²) in [5.74, 6) is 2.25. The Balaban J connectivity index is 2.07. The average molecular weight is 290 g/mol. The van der Waals surface area contributed by atoms with E-state index in [0.29, 0.717) is 25.6 Å². The summed E-state index contributed by atoms with van der Waals surface area (Å²) < 4.78 is 7.16. The summed E-state index contributed by atoms with van der Waals surface area (Å²) in [5, 5.41) is 10.6. The molecule has 2 N–H and O–H groups in total. The van der Waals surface area contributed by atoms with Crippen LogP contribution in [-0.2, 0) is 24.9 Å². The molecule has 0 radical (unpaired) electrons. The average Bonchev–Trinajstić information content (AvgIpc) is 2.89. The molecule has 0 saturated heterocycles. The van der Waals surface area contributed by atoms with Crippen LogP contribution >= 0.6 is 0 Å². The second kappa shape index (κ2) is 7.58. The zero-order valence-corrected chi connectivity index (χ0v) is 12.8. The number of aryl methyl sites for hydroxylation is 1. The molecule has 0 aromatic carbocycles. The number of anilines is 2. The van der Waals surface area contributed by atoms with Gasteiger partial charge in [0.25, 0.3) is 0 Å². The number of hydrogen-bond donors (Lipinski definition) is 2. The van der Waals surface area contributed by atoms with Gasteiger partial charge in [0.05, 0.1) is 6.20 Å². The molecule has 2 heterocycles. The fourth-order valence-electron chi connectivity index (χ4n) is 1.87. The van der Waals surface area contributed by atoms with Crippen molar-refractivity contribution in [1.82, 2.24) is 19.7 Å². The van der Waals surface area contributed by atoms with Crippen LogP contribution in [0, 0.1) is 0 Å². The van der Waals surface area contributed by atoms with Crippen LogP contribution < -0.4 is 10.6 Å². The van der Waals surface area contributed by atoms with E-state index in [1.54, 1.807) is 4.68 Å². The normalized spacial score (nSPS) is 10.6. The first-order chi connectivity index (χ1) is 10.2. The molecule has 0 spiro atoms. The Labute approximate surface area is 124 Å². The Morgan fingerprint density at radius 1 is 1.19 bits per heavy atom. The number of rotatable bonds is 8. The predicted molar refractivity (Wildman–Crippen MR) is 82.1 cm³/mol. The predicted octanol–water partition coefficient (Wildman–Crippen LogP) is 1.79.